The van der Waals surface area contributed by atoms with E-state index >= 15 is 0 Å². The Balaban J connectivity index is 2.20. The maximum Gasteiger partial charge on any atom is 0.347 e. The van der Waals surface area contributed by atoms with E-state index in [-0.39, 0.29) is 12.5 Å². The Bertz CT molecular complexity index is 484. The second-order valence-electron chi connectivity index (χ2n) is 4.44. The number of carbonyl (C=O) groups is 2. The van der Waals surface area contributed by atoms with Crippen molar-refractivity contribution in [1.29, 1.82) is 0 Å². The smallest absolute Gasteiger partial charge is 0.337 e. The molecule has 0 aliphatic carbocycles. The molecule has 1 aliphatic rings. The van der Waals surface area contributed by atoms with Crippen molar-refractivity contribution in [3.05, 3.63) is 34.9 Å². The third-order valence-electron chi connectivity index (χ3n) is 2.74. The second kappa shape index (κ2) is 4.04. The molecular formula is C12H12ClNO3. The number of rotatable bonds is 2. The largest absolute Gasteiger partial charge is 0.347 e. The van der Waals surface area contributed by atoms with E-state index < -0.39 is 11.4 Å². The third-order valence-corrected chi connectivity index (χ3v) is 3.11. The number of amides is 1. The molecule has 0 bridgehead atoms. The summed E-state index contributed by atoms with van der Waals surface area (Å²) in [6.45, 7) is 3.27. The Kier molecular flexibility index (Phi) is 2.83. The fraction of sp³-hybridized carbons (Fsp3) is 0.333. The summed E-state index contributed by atoms with van der Waals surface area (Å²) in [6.07, 6.45) is 0. The molecule has 0 radical (unpaired) electrons. The fourth-order valence-electron chi connectivity index (χ4n) is 1.54. The lowest BCUT2D eigenvalue weighted by molar-refractivity contribution is -0.180. The van der Waals surface area contributed by atoms with Crippen LogP contribution in [0.25, 0.3) is 0 Å². The molecule has 90 valence electrons. The van der Waals surface area contributed by atoms with Crippen LogP contribution >= 0.6 is 11.6 Å². The molecule has 1 amide bonds. The number of hydrogen-bond acceptors (Lipinski definition) is 3. The number of halogens is 1. The predicted octanol–water partition coefficient (Wildman–Crippen LogP) is 2.17. The number of nitrogens with zero attached hydrogens (tertiary/aromatic N) is 1. The quantitative estimate of drug-likeness (QED) is 0.759. The minimum absolute atomic E-state index is 0.174. The average molecular weight is 254 g/mol. The molecule has 4 nitrogen and oxygen atoms in total. The lowest BCUT2D eigenvalue weighted by Crippen LogP contribution is -2.31. The van der Waals surface area contributed by atoms with E-state index in [1.54, 1.807) is 32.0 Å². The zero-order valence-corrected chi connectivity index (χ0v) is 10.3. The van der Waals surface area contributed by atoms with Crippen molar-refractivity contribution >= 4 is 23.5 Å². The number of hydroxylamine groups is 2. The van der Waals surface area contributed by atoms with Gasteiger partial charge in [-0.2, -0.15) is 5.06 Å². The minimum atomic E-state index is -1.11. The first-order chi connectivity index (χ1) is 7.93. The molecule has 0 atom stereocenters. The van der Waals surface area contributed by atoms with Crippen LogP contribution in [0, 0.1) is 5.41 Å². The minimum Gasteiger partial charge on any atom is -0.337 e. The van der Waals surface area contributed by atoms with Crippen LogP contribution in [0.15, 0.2) is 24.3 Å². The highest BCUT2D eigenvalue weighted by atomic mass is 35.5. The lowest BCUT2D eigenvalue weighted by atomic mass is 9.94. The first-order valence-electron chi connectivity index (χ1n) is 5.20. The van der Waals surface area contributed by atoms with Gasteiger partial charge in [0, 0.05) is 5.02 Å². The molecule has 1 aliphatic heterocycles. The van der Waals surface area contributed by atoms with Gasteiger partial charge in [0.1, 0.15) is 5.41 Å². The summed E-state index contributed by atoms with van der Waals surface area (Å²) in [6, 6.07) is 7.13. The molecule has 0 saturated carbocycles. The van der Waals surface area contributed by atoms with E-state index in [0.29, 0.717) is 5.02 Å². The average Bonchev–Trinajstić information content (AvgIpc) is 2.46. The van der Waals surface area contributed by atoms with Gasteiger partial charge in [-0.25, -0.2) is 4.79 Å². The third kappa shape index (κ3) is 2.00. The molecule has 0 aromatic heterocycles. The van der Waals surface area contributed by atoms with Gasteiger partial charge in [0.2, 0.25) is 0 Å². The zero-order chi connectivity index (χ0) is 12.6. The Morgan fingerprint density at radius 2 is 1.94 bits per heavy atom. The van der Waals surface area contributed by atoms with Gasteiger partial charge < -0.3 is 4.84 Å². The molecular weight excluding hydrogens is 242 g/mol. The van der Waals surface area contributed by atoms with E-state index in [1.807, 2.05) is 6.07 Å². The SMILES string of the molecule is CC1(C)C(=O)ON(Cc2ccccc2Cl)C1=O. The van der Waals surface area contributed by atoms with E-state index in [9.17, 15) is 9.59 Å². The van der Waals surface area contributed by atoms with Crippen LogP contribution in [-0.4, -0.2) is 16.9 Å². The Morgan fingerprint density at radius 1 is 1.29 bits per heavy atom. The molecule has 17 heavy (non-hydrogen) atoms. The Morgan fingerprint density at radius 3 is 2.47 bits per heavy atom. The van der Waals surface area contributed by atoms with Crippen molar-refractivity contribution in [2.45, 2.75) is 20.4 Å². The van der Waals surface area contributed by atoms with Gasteiger partial charge in [-0.15, -0.1) is 0 Å². The molecule has 2 rings (SSSR count). The van der Waals surface area contributed by atoms with E-state index in [4.69, 9.17) is 16.4 Å². The second-order valence-corrected chi connectivity index (χ2v) is 4.84. The number of hydrogen-bond donors (Lipinski definition) is 0. The normalized spacial score (nSPS) is 18.4. The van der Waals surface area contributed by atoms with Crippen molar-refractivity contribution in [3.8, 4) is 0 Å². The van der Waals surface area contributed by atoms with Crippen molar-refractivity contribution in [2.24, 2.45) is 5.41 Å². The highest BCUT2D eigenvalue weighted by Gasteiger charge is 2.49. The molecule has 1 aromatic carbocycles. The van der Waals surface area contributed by atoms with Crippen LogP contribution < -0.4 is 0 Å². The van der Waals surface area contributed by atoms with Gasteiger partial charge in [-0.3, -0.25) is 4.79 Å². The van der Waals surface area contributed by atoms with Gasteiger partial charge in [-0.1, -0.05) is 29.8 Å². The van der Waals surface area contributed by atoms with Gasteiger partial charge in [0.05, 0.1) is 6.54 Å². The fourth-order valence-corrected chi connectivity index (χ4v) is 1.74. The van der Waals surface area contributed by atoms with Gasteiger partial charge in [0.15, 0.2) is 0 Å². The van der Waals surface area contributed by atoms with Crippen LogP contribution in [0.4, 0.5) is 0 Å². The highest BCUT2D eigenvalue weighted by Crippen LogP contribution is 2.30. The molecule has 1 heterocycles. The Labute approximate surface area is 104 Å². The van der Waals surface area contributed by atoms with Crippen LogP contribution in [0.5, 0.6) is 0 Å². The van der Waals surface area contributed by atoms with Gasteiger partial charge in [0.25, 0.3) is 5.91 Å². The molecule has 0 unspecified atom stereocenters. The van der Waals surface area contributed by atoms with E-state index in [0.717, 1.165) is 10.6 Å². The monoisotopic (exact) mass is 253 g/mol. The van der Waals surface area contributed by atoms with Crippen molar-refractivity contribution in [3.63, 3.8) is 0 Å². The molecule has 1 aromatic rings. The molecule has 5 heteroatoms. The van der Waals surface area contributed by atoms with Gasteiger partial charge in [-0.05, 0) is 25.5 Å². The lowest BCUT2D eigenvalue weighted by Gasteiger charge is -2.14. The van der Waals surface area contributed by atoms with Gasteiger partial charge >= 0.3 is 5.97 Å². The maximum absolute atomic E-state index is 11.9. The predicted molar refractivity (Wildman–Crippen MR) is 61.9 cm³/mol. The first kappa shape index (κ1) is 11.9. The van der Waals surface area contributed by atoms with E-state index in [2.05, 4.69) is 0 Å². The standard InChI is InChI=1S/C12H12ClNO3/c1-12(2)10(15)14(17-11(12)16)7-8-5-3-4-6-9(8)13/h3-6H,7H2,1-2H3. The van der Waals surface area contributed by atoms with Crippen LogP contribution in [-0.2, 0) is 21.0 Å². The maximum atomic E-state index is 11.9. The summed E-state index contributed by atoms with van der Waals surface area (Å²) in [7, 11) is 0. The Hall–Kier alpha value is -1.55. The number of benzene rings is 1. The molecule has 1 fully saturated rings. The topological polar surface area (TPSA) is 46.6 Å². The molecule has 1 saturated heterocycles. The molecule has 0 N–H and O–H groups in total. The molecule has 0 spiro atoms. The first-order valence-corrected chi connectivity index (χ1v) is 5.58. The number of carbonyl (C=O) groups excluding carboxylic acids is 2. The highest BCUT2D eigenvalue weighted by molar-refractivity contribution is 6.31. The summed E-state index contributed by atoms with van der Waals surface area (Å²) in [5.41, 5.74) is -0.366. The van der Waals surface area contributed by atoms with Crippen LogP contribution in [0.2, 0.25) is 5.02 Å². The van der Waals surface area contributed by atoms with E-state index in [1.165, 1.54) is 0 Å². The summed E-state index contributed by atoms with van der Waals surface area (Å²) in [5.74, 6) is -0.878. The summed E-state index contributed by atoms with van der Waals surface area (Å²) in [4.78, 5) is 28.3. The van der Waals surface area contributed by atoms with Crippen molar-refractivity contribution in [1.82, 2.24) is 5.06 Å². The van der Waals surface area contributed by atoms with Crippen LogP contribution in [0.3, 0.4) is 0 Å². The summed E-state index contributed by atoms with van der Waals surface area (Å²) < 4.78 is 0. The summed E-state index contributed by atoms with van der Waals surface area (Å²) >= 11 is 5.98. The zero-order valence-electron chi connectivity index (χ0n) is 9.57. The van der Waals surface area contributed by atoms with Crippen molar-refractivity contribution in [2.75, 3.05) is 0 Å². The summed E-state index contributed by atoms with van der Waals surface area (Å²) in [5, 5.41) is 1.60. The van der Waals surface area contributed by atoms with Crippen LogP contribution in [0.1, 0.15) is 19.4 Å². The van der Waals surface area contributed by atoms with Crippen molar-refractivity contribution < 1.29 is 14.4 Å².